The van der Waals surface area contributed by atoms with Gasteiger partial charge >= 0.3 is 5.69 Å². The summed E-state index contributed by atoms with van der Waals surface area (Å²) in [6.45, 7) is 2.08. The third-order valence-electron chi connectivity index (χ3n) is 4.18. The molecule has 28 heavy (non-hydrogen) atoms. The van der Waals surface area contributed by atoms with Gasteiger partial charge in [-0.25, -0.2) is 0 Å². The number of carbonyl (C=O) groups excluding carboxylic acids is 1. The van der Waals surface area contributed by atoms with Gasteiger partial charge in [-0.3, -0.25) is 14.9 Å². The molecule has 0 bridgehead atoms. The molecule has 2 aromatic carbocycles. The topological polar surface area (TPSA) is 114 Å². The lowest BCUT2D eigenvalue weighted by atomic mass is 10.1. The summed E-state index contributed by atoms with van der Waals surface area (Å²) in [4.78, 5) is 23.1. The lowest BCUT2D eigenvalue weighted by Crippen LogP contribution is -2.30. The van der Waals surface area contributed by atoms with E-state index < -0.39 is 16.4 Å². The third-order valence-corrected chi connectivity index (χ3v) is 5.21. The average molecular weight is 401 g/mol. The van der Waals surface area contributed by atoms with Crippen molar-refractivity contribution in [3.05, 3.63) is 62.5 Å². The number of benzene rings is 2. The Balaban J connectivity index is 1.80. The smallest absolute Gasteiger partial charge is 0.315 e. The number of aryl methyl sites for hydroxylation is 1. The van der Waals surface area contributed by atoms with Crippen molar-refractivity contribution in [3.63, 3.8) is 0 Å². The van der Waals surface area contributed by atoms with Crippen LogP contribution in [0.15, 0.2) is 41.3 Å². The number of anilines is 1. The highest BCUT2D eigenvalue weighted by atomic mass is 32.2. The number of carbonyl (C=O) groups is 1. The summed E-state index contributed by atoms with van der Waals surface area (Å²) in [5.41, 5.74) is 1.63. The van der Waals surface area contributed by atoms with E-state index in [2.05, 4.69) is 17.6 Å². The SMILES string of the molecule is CCc1ccc(N[C@H]2NC(=O)/C(=C/c3cc(OC)c(O)c([N+](=O)[O-])c3)S2)cc1. The fraction of sp³-hybridized carbons (Fsp3) is 0.211. The van der Waals surface area contributed by atoms with Crippen molar-refractivity contribution in [2.75, 3.05) is 12.4 Å². The highest BCUT2D eigenvalue weighted by molar-refractivity contribution is 8.05. The molecule has 0 spiro atoms. The Kier molecular flexibility index (Phi) is 5.74. The minimum absolute atomic E-state index is 0.0323. The lowest BCUT2D eigenvalue weighted by Gasteiger charge is -2.12. The molecule has 0 aromatic heterocycles. The van der Waals surface area contributed by atoms with E-state index >= 15 is 0 Å². The minimum Gasteiger partial charge on any atom is -0.500 e. The summed E-state index contributed by atoms with van der Waals surface area (Å²) in [7, 11) is 1.30. The van der Waals surface area contributed by atoms with Gasteiger partial charge in [0.2, 0.25) is 5.75 Å². The van der Waals surface area contributed by atoms with Crippen molar-refractivity contribution in [1.29, 1.82) is 0 Å². The summed E-state index contributed by atoms with van der Waals surface area (Å²) in [6.07, 6.45) is 2.47. The van der Waals surface area contributed by atoms with E-state index in [-0.39, 0.29) is 17.2 Å². The summed E-state index contributed by atoms with van der Waals surface area (Å²) < 4.78 is 4.98. The van der Waals surface area contributed by atoms with E-state index in [0.717, 1.165) is 12.1 Å². The van der Waals surface area contributed by atoms with Crippen LogP contribution in [0.25, 0.3) is 6.08 Å². The van der Waals surface area contributed by atoms with Gasteiger partial charge < -0.3 is 20.5 Å². The molecule has 0 unspecified atom stereocenters. The predicted molar refractivity (Wildman–Crippen MR) is 108 cm³/mol. The Morgan fingerprint density at radius 1 is 1.36 bits per heavy atom. The molecule has 1 atom stereocenters. The second-order valence-electron chi connectivity index (χ2n) is 6.02. The number of methoxy groups -OCH3 is 1. The number of rotatable bonds is 6. The number of nitro benzene ring substituents is 1. The Morgan fingerprint density at radius 2 is 2.07 bits per heavy atom. The summed E-state index contributed by atoms with van der Waals surface area (Å²) >= 11 is 1.27. The fourth-order valence-corrected chi connectivity index (χ4v) is 3.68. The van der Waals surface area contributed by atoms with E-state index in [1.807, 2.05) is 24.3 Å². The molecule has 1 aliphatic heterocycles. The molecule has 8 nitrogen and oxygen atoms in total. The normalized spacial score (nSPS) is 17.4. The number of phenols is 1. The number of nitro groups is 1. The van der Waals surface area contributed by atoms with Gasteiger partial charge in [-0.2, -0.15) is 0 Å². The minimum atomic E-state index is -0.702. The number of nitrogens with zero attached hydrogens (tertiary/aromatic N) is 1. The van der Waals surface area contributed by atoms with E-state index in [1.165, 1.54) is 42.6 Å². The van der Waals surface area contributed by atoms with E-state index in [9.17, 15) is 20.0 Å². The number of hydrogen-bond acceptors (Lipinski definition) is 7. The first-order valence-electron chi connectivity index (χ1n) is 8.51. The van der Waals surface area contributed by atoms with Gasteiger partial charge in [0.1, 0.15) is 0 Å². The van der Waals surface area contributed by atoms with Crippen LogP contribution in [0.2, 0.25) is 0 Å². The van der Waals surface area contributed by atoms with Crippen LogP contribution in [0.1, 0.15) is 18.1 Å². The van der Waals surface area contributed by atoms with Crippen LogP contribution >= 0.6 is 11.8 Å². The van der Waals surface area contributed by atoms with Gasteiger partial charge in [0, 0.05) is 11.8 Å². The summed E-state index contributed by atoms with van der Waals surface area (Å²) in [5.74, 6) is -0.870. The maximum Gasteiger partial charge on any atom is 0.315 e. The zero-order valence-corrected chi connectivity index (χ0v) is 16.1. The van der Waals surface area contributed by atoms with Crippen molar-refractivity contribution in [3.8, 4) is 11.5 Å². The first kappa shape index (κ1) is 19.6. The number of nitrogens with one attached hydrogen (secondary N) is 2. The van der Waals surface area contributed by atoms with Gasteiger partial charge in [-0.15, -0.1) is 0 Å². The van der Waals surface area contributed by atoms with Crippen LogP contribution in [-0.4, -0.2) is 28.5 Å². The van der Waals surface area contributed by atoms with E-state index in [0.29, 0.717) is 10.5 Å². The molecule has 1 amide bonds. The number of phenolic OH excluding ortho intramolecular Hbond substituents is 1. The zero-order chi connectivity index (χ0) is 20.3. The maximum absolute atomic E-state index is 12.3. The molecule has 3 N–H and O–H groups in total. The molecule has 3 rings (SSSR count). The maximum atomic E-state index is 12.3. The van der Waals surface area contributed by atoms with Gasteiger partial charge in [0.25, 0.3) is 5.91 Å². The van der Waals surface area contributed by atoms with Gasteiger partial charge in [-0.1, -0.05) is 30.8 Å². The van der Waals surface area contributed by atoms with Crippen molar-refractivity contribution < 1.29 is 19.6 Å². The predicted octanol–water partition coefficient (Wildman–Crippen LogP) is 3.47. The molecule has 9 heteroatoms. The quantitative estimate of drug-likeness (QED) is 0.386. The fourth-order valence-electron chi connectivity index (χ4n) is 2.70. The van der Waals surface area contributed by atoms with Crippen LogP contribution in [0, 0.1) is 10.1 Å². The molecule has 0 saturated carbocycles. The van der Waals surface area contributed by atoms with Crippen LogP contribution in [0.4, 0.5) is 11.4 Å². The van der Waals surface area contributed by atoms with Crippen LogP contribution in [-0.2, 0) is 11.2 Å². The zero-order valence-electron chi connectivity index (χ0n) is 15.3. The van der Waals surface area contributed by atoms with E-state index in [1.54, 1.807) is 0 Å². The third kappa shape index (κ3) is 4.20. The van der Waals surface area contributed by atoms with Gasteiger partial charge in [0.05, 0.1) is 16.9 Å². The first-order chi connectivity index (χ1) is 13.4. The van der Waals surface area contributed by atoms with Crippen molar-refractivity contribution in [2.45, 2.75) is 18.8 Å². The monoisotopic (exact) mass is 401 g/mol. The largest absolute Gasteiger partial charge is 0.500 e. The molecular weight excluding hydrogens is 382 g/mol. The highest BCUT2D eigenvalue weighted by Crippen LogP contribution is 2.38. The molecule has 0 aliphatic carbocycles. The molecule has 1 heterocycles. The molecular formula is C19H19N3O5S. The Bertz CT molecular complexity index is 943. The Morgan fingerprint density at radius 3 is 2.68 bits per heavy atom. The summed E-state index contributed by atoms with van der Waals surface area (Å²) in [6, 6.07) is 10.6. The van der Waals surface area contributed by atoms with Crippen LogP contribution in [0.5, 0.6) is 11.5 Å². The first-order valence-corrected chi connectivity index (χ1v) is 9.39. The molecule has 0 radical (unpaired) electrons. The second-order valence-corrected chi connectivity index (χ2v) is 7.17. The van der Waals surface area contributed by atoms with Crippen molar-refractivity contribution in [1.82, 2.24) is 5.32 Å². The molecule has 1 aliphatic rings. The molecule has 1 saturated heterocycles. The van der Waals surface area contributed by atoms with Crippen LogP contribution < -0.4 is 15.4 Å². The number of hydrogen-bond donors (Lipinski definition) is 3. The molecule has 1 fully saturated rings. The average Bonchev–Trinajstić information content (AvgIpc) is 3.02. The standard InChI is InChI=1S/C19H19N3O5S/c1-3-11-4-6-13(7-5-11)20-19-21-18(24)16(28-19)10-12-8-14(22(25)26)17(23)15(9-12)27-2/h4-10,19-20,23H,3H2,1-2H3,(H,21,24)/b16-10-/t19-/m0/s1. The van der Waals surface area contributed by atoms with Crippen molar-refractivity contribution in [2.24, 2.45) is 0 Å². The molecule has 2 aromatic rings. The van der Waals surface area contributed by atoms with Crippen LogP contribution in [0.3, 0.4) is 0 Å². The number of aromatic hydroxyl groups is 1. The molecule has 146 valence electrons. The highest BCUT2D eigenvalue weighted by Gasteiger charge is 2.28. The Labute approximate surface area is 165 Å². The second kappa shape index (κ2) is 8.22. The summed E-state index contributed by atoms with van der Waals surface area (Å²) in [5, 5.41) is 27.0. The Hall–Kier alpha value is -3.20. The lowest BCUT2D eigenvalue weighted by molar-refractivity contribution is -0.386. The number of ether oxygens (including phenoxy) is 1. The van der Waals surface area contributed by atoms with E-state index in [4.69, 9.17) is 4.74 Å². The number of amides is 1. The number of thioether (sulfide) groups is 1. The van der Waals surface area contributed by atoms with Gasteiger partial charge in [0.15, 0.2) is 11.2 Å². The van der Waals surface area contributed by atoms with Crippen molar-refractivity contribution >= 4 is 35.1 Å². The van der Waals surface area contributed by atoms with Gasteiger partial charge in [-0.05, 0) is 41.8 Å².